The molecule has 0 amide bonds. The number of carboxylic acids is 1. The monoisotopic (exact) mass is 211 g/mol. The molecular formula is C5H10NO6P. The average molecular weight is 211 g/mol. The number of rotatable bonds is 2. The third-order valence-corrected chi connectivity index (χ3v) is 3.34. The van der Waals surface area contributed by atoms with Crippen LogP contribution >= 0.6 is 7.60 Å². The number of nitrogens with zero attached hydrogens (tertiary/aromatic N) is 1. The largest absolute Gasteiger partial charge is 0.480 e. The maximum Gasteiger partial charge on any atom is 0.330 e. The fraction of sp³-hybridized carbons (Fsp3) is 0.800. The minimum absolute atomic E-state index is 0.226. The second-order valence-electron chi connectivity index (χ2n) is 2.95. The third-order valence-electron chi connectivity index (χ3n) is 2.01. The smallest absolute Gasteiger partial charge is 0.330 e. The number of carboxylic acid groups (broad SMARTS) is 1. The van der Waals surface area contributed by atoms with Crippen LogP contribution in [-0.4, -0.2) is 49.4 Å². The van der Waals surface area contributed by atoms with Crippen LogP contribution < -0.4 is 0 Å². The van der Waals surface area contributed by atoms with Gasteiger partial charge in [-0.05, 0) is 6.42 Å². The first-order valence-corrected chi connectivity index (χ1v) is 5.24. The van der Waals surface area contributed by atoms with Crippen molar-refractivity contribution >= 4 is 13.6 Å². The van der Waals surface area contributed by atoms with Crippen LogP contribution in [0.2, 0.25) is 0 Å². The Morgan fingerprint density at radius 3 is 2.23 bits per heavy atom. The summed E-state index contributed by atoms with van der Waals surface area (Å²) in [7, 11) is -4.29. The lowest BCUT2D eigenvalue weighted by molar-refractivity contribution is -0.161. The van der Waals surface area contributed by atoms with Gasteiger partial charge in [-0.3, -0.25) is 9.36 Å². The minimum atomic E-state index is -4.29. The zero-order chi connectivity index (χ0) is 10.2. The van der Waals surface area contributed by atoms with Crippen molar-refractivity contribution in [2.45, 2.75) is 18.1 Å². The van der Waals surface area contributed by atoms with E-state index in [2.05, 4.69) is 0 Å². The van der Waals surface area contributed by atoms with Gasteiger partial charge in [-0.15, -0.1) is 0 Å². The van der Waals surface area contributed by atoms with E-state index in [-0.39, 0.29) is 13.0 Å². The van der Waals surface area contributed by atoms with Crippen LogP contribution in [0.4, 0.5) is 0 Å². The first-order chi connectivity index (χ1) is 5.82. The molecule has 0 aromatic heterocycles. The van der Waals surface area contributed by atoms with Crippen molar-refractivity contribution in [3.05, 3.63) is 0 Å². The van der Waals surface area contributed by atoms with Crippen LogP contribution in [0.5, 0.6) is 0 Å². The highest BCUT2D eigenvalue weighted by atomic mass is 31.2. The summed E-state index contributed by atoms with van der Waals surface area (Å²) in [5.74, 6) is -1.28. The number of hydrogen-bond donors (Lipinski definition) is 4. The van der Waals surface area contributed by atoms with Gasteiger partial charge in [-0.25, -0.2) is 0 Å². The number of hydroxylamine groups is 2. The van der Waals surface area contributed by atoms with Gasteiger partial charge in [-0.2, -0.15) is 5.06 Å². The van der Waals surface area contributed by atoms with E-state index >= 15 is 0 Å². The zero-order valence-electron chi connectivity index (χ0n) is 6.57. The highest BCUT2D eigenvalue weighted by molar-refractivity contribution is 7.52. The van der Waals surface area contributed by atoms with Gasteiger partial charge in [0, 0.05) is 6.54 Å². The second kappa shape index (κ2) is 3.36. The zero-order valence-corrected chi connectivity index (χ0v) is 7.46. The maximum absolute atomic E-state index is 10.7. The lowest BCUT2D eigenvalue weighted by Crippen LogP contribution is -2.32. The molecule has 13 heavy (non-hydrogen) atoms. The van der Waals surface area contributed by atoms with E-state index in [9.17, 15) is 9.36 Å². The molecule has 2 atom stereocenters. The van der Waals surface area contributed by atoms with Gasteiger partial charge in [0.25, 0.3) is 0 Å². The van der Waals surface area contributed by atoms with Crippen LogP contribution in [0.15, 0.2) is 0 Å². The van der Waals surface area contributed by atoms with Crippen LogP contribution in [0, 0.1) is 0 Å². The Morgan fingerprint density at radius 1 is 1.46 bits per heavy atom. The molecular weight excluding hydrogens is 201 g/mol. The van der Waals surface area contributed by atoms with E-state index < -0.39 is 25.3 Å². The summed E-state index contributed by atoms with van der Waals surface area (Å²) in [6.45, 7) is -0.304. The average Bonchev–Trinajstić information content (AvgIpc) is 2.29. The lowest BCUT2D eigenvalue weighted by Gasteiger charge is -2.11. The molecule has 0 saturated carbocycles. The Morgan fingerprint density at radius 2 is 2.00 bits per heavy atom. The Balaban J connectivity index is 2.71. The number of aliphatic carboxylic acids is 1. The van der Waals surface area contributed by atoms with E-state index in [1.165, 1.54) is 0 Å². The molecule has 0 aromatic carbocycles. The molecule has 1 heterocycles. The lowest BCUT2D eigenvalue weighted by atomic mass is 10.2. The Labute approximate surface area is 73.7 Å². The molecule has 0 spiro atoms. The van der Waals surface area contributed by atoms with Crippen molar-refractivity contribution in [2.24, 2.45) is 0 Å². The van der Waals surface area contributed by atoms with Crippen molar-refractivity contribution in [2.75, 3.05) is 6.54 Å². The van der Waals surface area contributed by atoms with Crippen molar-refractivity contribution in [1.29, 1.82) is 0 Å². The summed E-state index contributed by atoms with van der Waals surface area (Å²) in [6.07, 6.45) is -0.226. The quantitative estimate of drug-likeness (QED) is 0.436. The third kappa shape index (κ3) is 2.26. The molecule has 0 bridgehead atoms. The molecule has 8 heteroatoms. The molecule has 1 aliphatic heterocycles. The molecule has 1 rings (SSSR count). The van der Waals surface area contributed by atoms with Crippen molar-refractivity contribution in [3.8, 4) is 0 Å². The molecule has 7 nitrogen and oxygen atoms in total. The number of carbonyl (C=O) groups is 1. The molecule has 0 unspecified atom stereocenters. The van der Waals surface area contributed by atoms with Gasteiger partial charge < -0.3 is 20.1 Å². The van der Waals surface area contributed by atoms with Gasteiger partial charge in [0.2, 0.25) is 0 Å². The predicted molar refractivity (Wildman–Crippen MR) is 40.4 cm³/mol. The molecule has 1 saturated heterocycles. The number of hydrogen-bond acceptors (Lipinski definition) is 4. The van der Waals surface area contributed by atoms with E-state index in [1.807, 2.05) is 0 Å². The fourth-order valence-corrected chi connectivity index (χ4v) is 2.12. The Kier molecular flexibility index (Phi) is 2.74. The van der Waals surface area contributed by atoms with Gasteiger partial charge in [0.05, 0.1) is 5.66 Å². The first-order valence-electron chi connectivity index (χ1n) is 3.56. The molecule has 0 aromatic rings. The molecule has 76 valence electrons. The molecule has 0 aliphatic carbocycles. The standard InChI is InChI=1S/C5H10NO6P/c7-5(8)4-1-3(2-6(4)9)13(10,11)12/h3-4,9H,1-2H2,(H,7,8)(H2,10,11,12)/t3-,4+/m1/s1. The fourth-order valence-electron chi connectivity index (χ4n) is 1.27. The van der Waals surface area contributed by atoms with E-state index in [0.29, 0.717) is 5.06 Å². The van der Waals surface area contributed by atoms with Crippen molar-refractivity contribution in [1.82, 2.24) is 5.06 Å². The van der Waals surface area contributed by atoms with Gasteiger partial charge >= 0.3 is 13.6 Å². The second-order valence-corrected chi connectivity index (χ2v) is 4.86. The summed E-state index contributed by atoms with van der Waals surface area (Å²) in [4.78, 5) is 27.9. The SMILES string of the molecule is O=C(O)[C@@H]1C[C@@H](P(=O)(O)O)CN1O. The summed E-state index contributed by atoms with van der Waals surface area (Å²) < 4.78 is 10.7. The Bertz CT molecular complexity index is 262. The van der Waals surface area contributed by atoms with E-state index in [0.717, 1.165) is 0 Å². The summed E-state index contributed by atoms with van der Waals surface area (Å²) in [5, 5.41) is 18.0. The van der Waals surface area contributed by atoms with Gasteiger partial charge in [-0.1, -0.05) is 0 Å². The Hall–Kier alpha value is -0.460. The molecule has 1 aliphatic rings. The van der Waals surface area contributed by atoms with Crippen LogP contribution in [0.3, 0.4) is 0 Å². The summed E-state index contributed by atoms with van der Waals surface area (Å²) in [5.41, 5.74) is -1.08. The van der Waals surface area contributed by atoms with Crippen molar-refractivity contribution < 1.29 is 29.5 Å². The minimum Gasteiger partial charge on any atom is -0.480 e. The predicted octanol–water partition coefficient (Wildman–Crippen LogP) is -0.919. The van der Waals surface area contributed by atoms with Crippen LogP contribution in [0.25, 0.3) is 0 Å². The molecule has 0 radical (unpaired) electrons. The van der Waals surface area contributed by atoms with Gasteiger partial charge in [0.15, 0.2) is 0 Å². The topological polar surface area (TPSA) is 118 Å². The summed E-state index contributed by atoms with van der Waals surface area (Å²) >= 11 is 0. The highest BCUT2D eigenvalue weighted by Crippen LogP contribution is 2.46. The van der Waals surface area contributed by atoms with Crippen LogP contribution in [-0.2, 0) is 9.36 Å². The highest BCUT2D eigenvalue weighted by Gasteiger charge is 2.44. The van der Waals surface area contributed by atoms with Gasteiger partial charge in [0.1, 0.15) is 6.04 Å². The first kappa shape index (κ1) is 10.6. The van der Waals surface area contributed by atoms with Crippen molar-refractivity contribution in [3.63, 3.8) is 0 Å². The molecule has 4 N–H and O–H groups in total. The normalized spacial score (nSPS) is 30.7. The molecule has 1 fully saturated rings. The van der Waals surface area contributed by atoms with Crippen LogP contribution in [0.1, 0.15) is 6.42 Å². The van der Waals surface area contributed by atoms with E-state index in [4.69, 9.17) is 20.1 Å². The maximum atomic E-state index is 10.7. The summed E-state index contributed by atoms with van der Waals surface area (Å²) in [6, 6.07) is -1.21. The van der Waals surface area contributed by atoms with E-state index in [1.54, 1.807) is 0 Å².